The van der Waals surface area contributed by atoms with Crippen molar-refractivity contribution in [3.05, 3.63) is 28.2 Å². The number of hydrogen-bond donors (Lipinski definition) is 1. The molecule has 0 bridgehead atoms. The molecule has 0 unspecified atom stereocenters. The number of rotatable bonds is 4. The maximum Gasteiger partial charge on any atom is 0.0423 e. The van der Waals surface area contributed by atoms with Crippen molar-refractivity contribution in [2.24, 2.45) is 5.41 Å². The molecule has 3 heteroatoms. The van der Waals surface area contributed by atoms with Crippen molar-refractivity contribution in [3.63, 3.8) is 0 Å². The summed E-state index contributed by atoms with van der Waals surface area (Å²) in [6.07, 6.45) is 1.28. The van der Waals surface area contributed by atoms with E-state index in [0.717, 1.165) is 19.6 Å². The molecule has 1 fully saturated rings. The van der Waals surface area contributed by atoms with E-state index in [9.17, 15) is 0 Å². The van der Waals surface area contributed by atoms with Crippen LogP contribution in [0.4, 0.5) is 5.69 Å². The van der Waals surface area contributed by atoms with Gasteiger partial charge < -0.3 is 10.2 Å². The van der Waals surface area contributed by atoms with Crippen LogP contribution in [0.5, 0.6) is 0 Å². The lowest BCUT2D eigenvalue weighted by atomic mass is 9.93. The van der Waals surface area contributed by atoms with E-state index in [2.05, 4.69) is 65.1 Å². The van der Waals surface area contributed by atoms with Crippen molar-refractivity contribution in [2.45, 2.75) is 33.7 Å². The molecule has 18 heavy (non-hydrogen) atoms. The summed E-state index contributed by atoms with van der Waals surface area (Å²) in [7, 11) is 0. The molecular weight excluding hydrogens is 288 g/mol. The zero-order chi connectivity index (χ0) is 13.2. The van der Waals surface area contributed by atoms with E-state index in [1.807, 2.05) is 0 Å². The second kappa shape index (κ2) is 5.62. The van der Waals surface area contributed by atoms with E-state index in [-0.39, 0.29) is 0 Å². The number of benzene rings is 1. The standard InChI is InChI=1S/C15H23BrN2/c1-4-17-10-12-5-6-13(16)9-14(12)18-8-7-15(2,3)11-18/h5-6,9,17H,4,7-8,10-11H2,1-3H3. The van der Waals surface area contributed by atoms with E-state index in [4.69, 9.17) is 0 Å². The van der Waals surface area contributed by atoms with Crippen LogP contribution in [0.2, 0.25) is 0 Å². The van der Waals surface area contributed by atoms with Gasteiger partial charge in [0.25, 0.3) is 0 Å². The van der Waals surface area contributed by atoms with Crippen LogP contribution in [0.1, 0.15) is 32.8 Å². The van der Waals surface area contributed by atoms with Crippen molar-refractivity contribution in [2.75, 3.05) is 24.5 Å². The Bertz CT molecular complexity index is 415. The third-order valence-corrected chi connectivity index (χ3v) is 4.12. The van der Waals surface area contributed by atoms with Gasteiger partial charge in [0.05, 0.1) is 0 Å². The van der Waals surface area contributed by atoms with Crippen LogP contribution in [-0.4, -0.2) is 19.6 Å². The normalized spacial score (nSPS) is 18.3. The molecule has 1 N–H and O–H groups in total. The van der Waals surface area contributed by atoms with Crippen LogP contribution < -0.4 is 10.2 Å². The highest BCUT2D eigenvalue weighted by Gasteiger charge is 2.30. The highest BCUT2D eigenvalue weighted by molar-refractivity contribution is 9.10. The molecule has 2 rings (SSSR count). The van der Waals surface area contributed by atoms with Gasteiger partial charge in [0.1, 0.15) is 0 Å². The highest BCUT2D eigenvalue weighted by atomic mass is 79.9. The van der Waals surface area contributed by atoms with Crippen LogP contribution in [0.15, 0.2) is 22.7 Å². The largest absolute Gasteiger partial charge is 0.371 e. The summed E-state index contributed by atoms with van der Waals surface area (Å²) in [4.78, 5) is 2.53. The van der Waals surface area contributed by atoms with E-state index in [0.29, 0.717) is 5.41 Å². The minimum atomic E-state index is 0.442. The first kappa shape index (κ1) is 13.9. The number of hydrogen-bond acceptors (Lipinski definition) is 2. The molecule has 100 valence electrons. The molecule has 0 atom stereocenters. The molecular formula is C15H23BrN2. The third kappa shape index (κ3) is 3.27. The maximum absolute atomic E-state index is 3.59. The summed E-state index contributed by atoms with van der Waals surface area (Å²) in [5.74, 6) is 0. The fourth-order valence-electron chi connectivity index (χ4n) is 2.56. The molecule has 0 amide bonds. The Balaban J connectivity index is 2.22. The lowest BCUT2D eigenvalue weighted by Crippen LogP contribution is -2.25. The van der Waals surface area contributed by atoms with Crippen molar-refractivity contribution in [3.8, 4) is 0 Å². The lowest BCUT2D eigenvalue weighted by molar-refractivity contribution is 0.418. The van der Waals surface area contributed by atoms with Crippen LogP contribution in [0, 0.1) is 5.41 Å². The third-order valence-electron chi connectivity index (χ3n) is 3.63. The van der Waals surface area contributed by atoms with Gasteiger partial charge >= 0.3 is 0 Å². The van der Waals surface area contributed by atoms with E-state index < -0.39 is 0 Å². The van der Waals surface area contributed by atoms with Crippen molar-refractivity contribution >= 4 is 21.6 Å². The summed E-state index contributed by atoms with van der Waals surface area (Å²) in [5, 5.41) is 3.43. The Morgan fingerprint density at radius 2 is 2.17 bits per heavy atom. The van der Waals surface area contributed by atoms with Crippen LogP contribution >= 0.6 is 15.9 Å². The average Bonchev–Trinajstić information content (AvgIpc) is 2.68. The minimum absolute atomic E-state index is 0.442. The van der Waals surface area contributed by atoms with E-state index >= 15 is 0 Å². The lowest BCUT2D eigenvalue weighted by Gasteiger charge is -2.24. The smallest absolute Gasteiger partial charge is 0.0423 e. The summed E-state index contributed by atoms with van der Waals surface area (Å²) in [6.45, 7) is 11.2. The van der Waals surface area contributed by atoms with Gasteiger partial charge in [-0.05, 0) is 36.1 Å². The Labute approximate surface area is 119 Å². The molecule has 2 nitrogen and oxygen atoms in total. The quantitative estimate of drug-likeness (QED) is 0.910. The molecule has 1 aromatic carbocycles. The molecule has 0 radical (unpaired) electrons. The van der Waals surface area contributed by atoms with Crippen LogP contribution in [0.25, 0.3) is 0 Å². The molecule has 0 spiro atoms. The highest BCUT2D eigenvalue weighted by Crippen LogP contribution is 2.35. The summed E-state index contributed by atoms with van der Waals surface area (Å²) in [6, 6.07) is 6.62. The Morgan fingerprint density at radius 3 is 2.78 bits per heavy atom. The minimum Gasteiger partial charge on any atom is -0.371 e. The SMILES string of the molecule is CCNCc1ccc(Br)cc1N1CCC(C)(C)C1. The molecule has 1 aliphatic heterocycles. The van der Waals surface area contributed by atoms with Gasteiger partial charge in [0.15, 0.2) is 0 Å². The Hall–Kier alpha value is -0.540. The fraction of sp³-hybridized carbons (Fsp3) is 0.600. The van der Waals surface area contributed by atoms with Gasteiger partial charge in [-0.3, -0.25) is 0 Å². The first-order valence-corrected chi connectivity index (χ1v) is 7.55. The number of halogens is 1. The average molecular weight is 311 g/mol. The Morgan fingerprint density at radius 1 is 1.39 bits per heavy atom. The second-order valence-electron chi connectivity index (χ2n) is 5.89. The zero-order valence-corrected chi connectivity index (χ0v) is 13.2. The monoisotopic (exact) mass is 310 g/mol. The van der Waals surface area contributed by atoms with Gasteiger partial charge in [0.2, 0.25) is 0 Å². The van der Waals surface area contributed by atoms with Gasteiger partial charge in [-0.25, -0.2) is 0 Å². The fourth-order valence-corrected chi connectivity index (χ4v) is 2.91. The summed E-state index contributed by atoms with van der Waals surface area (Å²) >= 11 is 3.59. The van der Waals surface area contributed by atoms with Gasteiger partial charge in [0, 0.05) is 29.8 Å². The molecule has 1 saturated heterocycles. The zero-order valence-electron chi connectivity index (χ0n) is 11.6. The predicted molar refractivity (Wildman–Crippen MR) is 82.1 cm³/mol. The van der Waals surface area contributed by atoms with Crippen molar-refractivity contribution in [1.29, 1.82) is 0 Å². The topological polar surface area (TPSA) is 15.3 Å². The molecule has 0 saturated carbocycles. The van der Waals surface area contributed by atoms with Crippen LogP contribution in [-0.2, 0) is 6.54 Å². The van der Waals surface area contributed by atoms with Crippen molar-refractivity contribution in [1.82, 2.24) is 5.32 Å². The number of nitrogens with one attached hydrogen (secondary N) is 1. The van der Waals surface area contributed by atoms with Crippen LogP contribution in [0.3, 0.4) is 0 Å². The molecule has 1 aliphatic rings. The van der Waals surface area contributed by atoms with Gasteiger partial charge in [-0.1, -0.05) is 42.8 Å². The molecule has 1 heterocycles. The predicted octanol–water partition coefficient (Wildman–Crippen LogP) is 3.79. The molecule has 0 aromatic heterocycles. The maximum atomic E-state index is 3.59. The van der Waals surface area contributed by atoms with Gasteiger partial charge in [-0.2, -0.15) is 0 Å². The first-order chi connectivity index (χ1) is 8.52. The Kier molecular flexibility index (Phi) is 4.33. The van der Waals surface area contributed by atoms with Crippen molar-refractivity contribution < 1.29 is 0 Å². The summed E-state index contributed by atoms with van der Waals surface area (Å²) in [5.41, 5.74) is 3.23. The number of anilines is 1. The second-order valence-corrected chi connectivity index (χ2v) is 6.80. The molecule has 1 aromatic rings. The van der Waals surface area contributed by atoms with E-state index in [1.165, 1.54) is 28.7 Å². The molecule has 0 aliphatic carbocycles. The van der Waals surface area contributed by atoms with Gasteiger partial charge in [-0.15, -0.1) is 0 Å². The first-order valence-electron chi connectivity index (χ1n) is 6.76. The number of nitrogens with zero attached hydrogens (tertiary/aromatic N) is 1. The summed E-state index contributed by atoms with van der Waals surface area (Å²) < 4.78 is 1.17. The van der Waals surface area contributed by atoms with E-state index in [1.54, 1.807) is 0 Å².